The average Bonchev–Trinajstić information content (AvgIpc) is 2.37. The van der Waals surface area contributed by atoms with Gasteiger partial charge in [-0.3, -0.25) is 0 Å². The number of hydrogen-bond acceptors (Lipinski definition) is 2. The molecule has 2 atom stereocenters. The zero-order valence-corrected chi connectivity index (χ0v) is 11.8. The maximum absolute atomic E-state index is 9.41. The van der Waals surface area contributed by atoms with Crippen LogP contribution in [0.5, 0.6) is 0 Å². The predicted octanol–water partition coefficient (Wildman–Crippen LogP) is 3.34. The minimum Gasteiger partial charge on any atom is -0.396 e. The Labute approximate surface area is 107 Å². The number of nitrogens with one attached hydrogen (secondary N) is 1. The SMILES string of the molecule is CCCC(CCC)NCC1CCCCC1CO. The molecule has 102 valence electrons. The van der Waals surface area contributed by atoms with Crippen molar-refractivity contribution in [2.45, 2.75) is 71.3 Å². The van der Waals surface area contributed by atoms with Crippen LogP contribution in [0.4, 0.5) is 0 Å². The molecule has 0 radical (unpaired) electrons. The van der Waals surface area contributed by atoms with Crippen molar-refractivity contribution in [2.75, 3.05) is 13.2 Å². The van der Waals surface area contributed by atoms with Gasteiger partial charge < -0.3 is 10.4 Å². The fraction of sp³-hybridized carbons (Fsp3) is 1.00. The zero-order valence-electron chi connectivity index (χ0n) is 11.8. The average molecular weight is 241 g/mol. The zero-order chi connectivity index (χ0) is 12.5. The molecule has 2 heteroatoms. The van der Waals surface area contributed by atoms with Crippen molar-refractivity contribution in [1.29, 1.82) is 0 Å². The smallest absolute Gasteiger partial charge is 0.0462 e. The maximum atomic E-state index is 9.41. The lowest BCUT2D eigenvalue weighted by atomic mass is 9.79. The summed E-state index contributed by atoms with van der Waals surface area (Å²) in [5, 5.41) is 13.2. The molecule has 1 saturated carbocycles. The third kappa shape index (κ3) is 5.39. The van der Waals surface area contributed by atoms with Gasteiger partial charge in [0.1, 0.15) is 0 Å². The summed E-state index contributed by atoms with van der Waals surface area (Å²) in [5.41, 5.74) is 0. The van der Waals surface area contributed by atoms with Crippen LogP contribution in [0.25, 0.3) is 0 Å². The van der Waals surface area contributed by atoms with Gasteiger partial charge in [-0.05, 0) is 44.1 Å². The molecule has 0 heterocycles. The second kappa shape index (κ2) is 8.93. The molecule has 2 N–H and O–H groups in total. The predicted molar refractivity (Wildman–Crippen MR) is 74.1 cm³/mol. The molecule has 0 bridgehead atoms. The summed E-state index contributed by atoms with van der Waals surface area (Å²) in [6, 6.07) is 0.700. The highest BCUT2D eigenvalue weighted by atomic mass is 16.3. The minimum absolute atomic E-state index is 0.387. The van der Waals surface area contributed by atoms with Crippen molar-refractivity contribution < 1.29 is 5.11 Å². The molecule has 0 aliphatic heterocycles. The Morgan fingerprint density at radius 2 is 1.65 bits per heavy atom. The molecule has 2 unspecified atom stereocenters. The highest BCUT2D eigenvalue weighted by Crippen LogP contribution is 2.29. The number of hydrogen-bond donors (Lipinski definition) is 2. The van der Waals surface area contributed by atoms with E-state index >= 15 is 0 Å². The van der Waals surface area contributed by atoms with Gasteiger partial charge in [-0.2, -0.15) is 0 Å². The van der Waals surface area contributed by atoms with Crippen LogP contribution >= 0.6 is 0 Å². The fourth-order valence-electron chi connectivity index (χ4n) is 3.16. The van der Waals surface area contributed by atoms with Gasteiger partial charge in [0.05, 0.1) is 0 Å². The van der Waals surface area contributed by atoms with E-state index in [1.54, 1.807) is 0 Å². The standard InChI is InChI=1S/C15H31NO/c1-3-7-15(8-4-2)16-11-13-9-5-6-10-14(13)12-17/h13-17H,3-12H2,1-2H3. The van der Waals surface area contributed by atoms with Gasteiger partial charge in [0, 0.05) is 12.6 Å². The first-order valence-corrected chi connectivity index (χ1v) is 7.66. The van der Waals surface area contributed by atoms with E-state index in [-0.39, 0.29) is 0 Å². The van der Waals surface area contributed by atoms with Crippen LogP contribution in [0, 0.1) is 11.8 Å². The maximum Gasteiger partial charge on any atom is 0.0462 e. The van der Waals surface area contributed by atoms with Gasteiger partial charge in [0.25, 0.3) is 0 Å². The third-order valence-corrected chi connectivity index (χ3v) is 4.24. The van der Waals surface area contributed by atoms with E-state index in [2.05, 4.69) is 19.2 Å². The molecular formula is C15H31NO. The van der Waals surface area contributed by atoms with Crippen LogP contribution in [0.3, 0.4) is 0 Å². The Bertz CT molecular complexity index is 178. The number of aliphatic hydroxyl groups is 1. The van der Waals surface area contributed by atoms with Crippen molar-refractivity contribution in [3.63, 3.8) is 0 Å². The Hall–Kier alpha value is -0.0800. The van der Waals surface area contributed by atoms with Crippen molar-refractivity contribution in [3.8, 4) is 0 Å². The molecule has 0 saturated heterocycles. The molecule has 1 aliphatic carbocycles. The topological polar surface area (TPSA) is 32.3 Å². The van der Waals surface area contributed by atoms with E-state index < -0.39 is 0 Å². The molecule has 1 aliphatic rings. The van der Waals surface area contributed by atoms with Crippen LogP contribution in [-0.2, 0) is 0 Å². The molecule has 0 amide bonds. The number of aliphatic hydroxyl groups excluding tert-OH is 1. The molecular weight excluding hydrogens is 210 g/mol. The summed E-state index contributed by atoms with van der Waals surface area (Å²) < 4.78 is 0. The van der Waals surface area contributed by atoms with Gasteiger partial charge in [0.2, 0.25) is 0 Å². The summed E-state index contributed by atoms with van der Waals surface area (Å²) in [6.45, 7) is 6.04. The molecule has 17 heavy (non-hydrogen) atoms. The van der Waals surface area contributed by atoms with Crippen LogP contribution in [0.2, 0.25) is 0 Å². The highest BCUT2D eigenvalue weighted by molar-refractivity contribution is 4.78. The van der Waals surface area contributed by atoms with Crippen molar-refractivity contribution in [3.05, 3.63) is 0 Å². The van der Waals surface area contributed by atoms with Crippen LogP contribution in [0.15, 0.2) is 0 Å². The van der Waals surface area contributed by atoms with Gasteiger partial charge in [0.15, 0.2) is 0 Å². The number of rotatable bonds is 8. The lowest BCUT2D eigenvalue weighted by Gasteiger charge is -2.32. The summed E-state index contributed by atoms with van der Waals surface area (Å²) >= 11 is 0. The monoisotopic (exact) mass is 241 g/mol. The minimum atomic E-state index is 0.387. The molecule has 2 nitrogen and oxygen atoms in total. The summed E-state index contributed by atoms with van der Waals surface area (Å²) in [6.07, 6.45) is 10.3. The Morgan fingerprint density at radius 3 is 2.18 bits per heavy atom. The molecule has 0 spiro atoms. The van der Waals surface area contributed by atoms with Crippen molar-refractivity contribution >= 4 is 0 Å². The first kappa shape index (κ1) is 15.0. The summed E-state index contributed by atoms with van der Waals surface area (Å²) in [7, 11) is 0. The first-order valence-electron chi connectivity index (χ1n) is 7.66. The van der Waals surface area contributed by atoms with E-state index in [1.807, 2.05) is 0 Å². The normalized spacial score (nSPS) is 25.4. The van der Waals surface area contributed by atoms with Gasteiger partial charge in [-0.15, -0.1) is 0 Å². The van der Waals surface area contributed by atoms with Crippen molar-refractivity contribution in [1.82, 2.24) is 5.32 Å². The van der Waals surface area contributed by atoms with E-state index in [1.165, 1.54) is 51.4 Å². The largest absolute Gasteiger partial charge is 0.396 e. The van der Waals surface area contributed by atoms with Crippen molar-refractivity contribution in [2.24, 2.45) is 11.8 Å². The van der Waals surface area contributed by atoms with Crippen LogP contribution < -0.4 is 5.32 Å². The van der Waals surface area contributed by atoms with Gasteiger partial charge in [-0.25, -0.2) is 0 Å². The van der Waals surface area contributed by atoms with Crippen LogP contribution in [0.1, 0.15) is 65.2 Å². The van der Waals surface area contributed by atoms with E-state index in [0.29, 0.717) is 24.5 Å². The van der Waals surface area contributed by atoms with Crippen LogP contribution in [-0.4, -0.2) is 24.3 Å². The second-order valence-electron chi connectivity index (χ2n) is 5.67. The van der Waals surface area contributed by atoms with Gasteiger partial charge in [-0.1, -0.05) is 39.5 Å². The lowest BCUT2D eigenvalue weighted by molar-refractivity contribution is 0.130. The Balaban J connectivity index is 2.30. The van der Waals surface area contributed by atoms with Gasteiger partial charge >= 0.3 is 0 Å². The quantitative estimate of drug-likeness (QED) is 0.683. The molecule has 1 rings (SSSR count). The lowest BCUT2D eigenvalue weighted by Crippen LogP contribution is -2.37. The first-order chi connectivity index (χ1) is 8.31. The third-order valence-electron chi connectivity index (χ3n) is 4.24. The Morgan fingerprint density at radius 1 is 1.06 bits per heavy atom. The van der Waals surface area contributed by atoms with E-state index in [9.17, 15) is 5.11 Å². The summed E-state index contributed by atoms with van der Waals surface area (Å²) in [4.78, 5) is 0. The molecule has 1 fully saturated rings. The van der Waals surface area contributed by atoms with E-state index in [0.717, 1.165) is 6.54 Å². The highest BCUT2D eigenvalue weighted by Gasteiger charge is 2.24. The second-order valence-corrected chi connectivity index (χ2v) is 5.67. The Kier molecular flexibility index (Phi) is 7.87. The molecule has 0 aromatic rings. The fourth-order valence-corrected chi connectivity index (χ4v) is 3.16. The summed E-state index contributed by atoms with van der Waals surface area (Å²) in [5.74, 6) is 1.27. The molecule has 0 aromatic heterocycles. The molecule has 0 aromatic carbocycles. The van der Waals surface area contributed by atoms with E-state index in [4.69, 9.17) is 0 Å².